The fraction of sp³-hybridized carbons (Fsp3) is 0.722. The average molecular weight is 845 g/mol. The Kier molecular flexibility index (Phi) is 19.4. The Morgan fingerprint density at radius 2 is 1.46 bits per heavy atom. The molecule has 1 saturated heterocycles. The summed E-state index contributed by atoms with van der Waals surface area (Å²) in [6.45, 7) is 16.5. The lowest BCUT2D eigenvalue weighted by Gasteiger charge is -2.58. The van der Waals surface area contributed by atoms with Crippen LogP contribution in [0.4, 0.5) is 0 Å². The lowest BCUT2D eigenvalue weighted by molar-refractivity contribution is -0.313. The summed E-state index contributed by atoms with van der Waals surface area (Å²) in [5, 5.41) is 32.5. The van der Waals surface area contributed by atoms with Gasteiger partial charge in [0.05, 0.1) is 6.10 Å². The van der Waals surface area contributed by atoms with Crippen LogP contribution in [0.15, 0.2) is 84.6 Å². The molecule has 0 radical (unpaired) electrons. The highest BCUT2D eigenvalue weighted by atomic mass is 16.7. The van der Waals surface area contributed by atoms with Crippen molar-refractivity contribution in [3.8, 4) is 0 Å². The van der Waals surface area contributed by atoms with Crippen molar-refractivity contribution in [1.82, 2.24) is 0 Å². The molecule has 14 atom stereocenters. The van der Waals surface area contributed by atoms with Crippen LogP contribution < -0.4 is 0 Å². The van der Waals surface area contributed by atoms with E-state index in [0.29, 0.717) is 35.5 Å². The van der Waals surface area contributed by atoms with Crippen molar-refractivity contribution in [3.63, 3.8) is 0 Å². The first-order valence-corrected chi connectivity index (χ1v) is 24.4. The second-order valence-electron chi connectivity index (χ2n) is 20.1. The smallest absolute Gasteiger partial charge is 0.305 e. The SMILES string of the molecule is CC/C=C\C/C=C\C/C=C\C/C=C\C/C=C\CCCC(=O)OCC1OC(OC2CCC3(C)C(=CCC4C3CCC3(C)C(C(C)/C=C/C(C)C(C)C)CCC43)C2)C(O)C(O)C1O. The molecule has 7 heteroatoms. The first-order valence-electron chi connectivity index (χ1n) is 24.4. The zero-order valence-corrected chi connectivity index (χ0v) is 39.0. The number of aliphatic hydroxyl groups is 3. The summed E-state index contributed by atoms with van der Waals surface area (Å²) in [4.78, 5) is 12.6. The first kappa shape index (κ1) is 49.5. The fourth-order valence-electron chi connectivity index (χ4n) is 11.7. The van der Waals surface area contributed by atoms with E-state index in [1.54, 1.807) is 0 Å². The molecule has 4 aliphatic carbocycles. The number of carbonyl (C=O) groups is 1. The molecule has 0 aromatic carbocycles. The highest BCUT2D eigenvalue weighted by Gasteiger charge is 2.59. The van der Waals surface area contributed by atoms with Crippen molar-refractivity contribution in [2.75, 3.05) is 6.61 Å². The van der Waals surface area contributed by atoms with E-state index in [0.717, 1.165) is 82.0 Å². The van der Waals surface area contributed by atoms with Crippen molar-refractivity contribution in [1.29, 1.82) is 0 Å². The van der Waals surface area contributed by atoms with Gasteiger partial charge >= 0.3 is 5.97 Å². The van der Waals surface area contributed by atoms with E-state index in [1.165, 1.54) is 31.3 Å². The van der Waals surface area contributed by atoms with Gasteiger partial charge in [-0.1, -0.05) is 133 Å². The van der Waals surface area contributed by atoms with Crippen LogP contribution >= 0.6 is 0 Å². The highest BCUT2D eigenvalue weighted by molar-refractivity contribution is 5.69. The predicted molar refractivity (Wildman–Crippen MR) is 248 cm³/mol. The van der Waals surface area contributed by atoms with E-state index in [1.807, 2.05) is 0 Å². The normalized spacial score (nSPS) is 36.7. The summed E-state index contributed by atoms with van der Waals surface area (Å²) in [5.41, 5.74) is 2.02. The number of allylic oxidation sites excluding steroid dienone is 13. The number of esters is 1. The molecule has 4 fully saturated rings. The number of fused-ring (bicyclic) bond motifs is 5. The number of rotatable bonds is 21. The van der Waals surface area contributed by atoms with Gasteiger partial charge in [0.2, 0.25) is 0 Å². The number of aliphatic hydroxyl groups excluding tert-OH is 3. The van der Waals surface area contributed by atoms with Crippen molar-refractivity contribution in [3.05, 3.63) is 84.6 Å². The van der Waals surface area contributed by atoms with E-state index < -0.39 is 30.7 Å². The van der Waals surface area contributed by atoms with Crippen LogP contribution in [0.25, 0.3) is 0 Å². The van der Waals surface area contributed by atoms with Gasteiger partial charge in [0.15, 0.2) is 6.29 Å². The Labute approximate surface area is 370 Å². The molecular weight excluding hydrogens is 761 g/mol. The molecular formula is C54H84O7. The minimum absolute atomic E-state index is 0.146. The summed E-state index contributed by atoms with van der Waals surface area (Å²) in [6.07, 6.45) is 38.2. The van der Waals surface area contributed by atoms with Crippen LogP contribution in [-0.2, 0) is 19.0 Å². The van der Waals surface area contributed by atoms with Crippen molar-refractivity contribution in [2.24, 2.45) is 52.3 Å². The average Bonchev–Trinajstić information content (AvgIpc) is 3.60. The Morgan fingerprint density at radius 1 is 0.803 bits per heavy atom. The second-order valence-corrected chi connectivity index (χ2v) is 20.1. The summed E-state index contributed by atoms with van der Waals surface area (Å²) in [7, 11) is 0. The minimum Gasteiger partial charge on any atom is -0.463 e. The molecule has 1 aliphatic heterocycles. The van der Waals surface area contributed by atoms with Gasteiger partial charge in [-0.05, 0) is 149 Å². The molecule has 3 N–H and O–H groups in total. The molecule has 0 amide bonds. The Balaban J connectivity index is 1.03. The Bertz CT molecular complexity index is 1570. The monoisotopic (exact) mass is 845 g/mol. The van der Waals surface area contributed by atoms with Gasteiger partial charge in [0.1, 0.15) is 31.0 Å². The molecule has 1 heterocycles. The van der Waals surface area contributed by atoms with Gasteiger partial charge in [-0.15, -0.1) is 0 Å². The number of unbranched alkanes of at least 4 members (excludes halogenated alkanes) is 1. The van der Waals surface area contributed by atoms with Gasteiger partial charge in [0.25, 0.3) is 0 Å². The van der Waals surface area contributed by atoms with E-state index in [4.69, 9.17) is 14.2 Å². The second kappa shape index (κ2) is 23.9. The maximum absolute atomic E-state index is 12.6. The molecule has 0 bridgehead atoms. The Morgan fingerprint density at radius 3 is 2.11 bits per heavy atom. The van der Waals surface area contributed by atoms with Gasteiger partial charge < -0.3 is 29.5 Å². The number of hydrogen-bond acceptors (Lipinski definition) is 7. The third-order valence-electron chi connectivity index (χ3n) is 15.8. The maximum Gasteiger partial charge on any atom is 0.305 e. The lowest BCUT2D eigenvalue weighted by Crippen LogP contribution is -2.60. The third-order valence-corrected chi connectivity index (χ3v) is 15.8. The van der Waals surface area contributed by atoms with Crippen molar-refractivity contribution in [2.45, 2.75) is 188 Å². The van der Waals surface area contributed by atoms with Gasteiger partial charge in [-0.25, -0.2) is 0 Å². The van der Waals surface area contributed by atoms with Crippen LogP contribution in [0.5, 0.6) is 0 Å². The summed E-state index contributed by atoms with van der Waals surface area (Å²) in [5.74, 6) is 4.44. The molecule has 5 rings (SSSR count). The molecule has 0 aromatic heterocycles. The van der Waals surface area contributed by atoms with E-state index >= 15 is 0 Å². The summed E-state index contributed by atoms with van der Waals surface area (Å²) < 4.78 is 18.0. The third kappa shape index (κ3) is 13.0. The lowest BCUT2D eigenvalue weighted by atomic mass is 9.47. The largest absolute Gasteiger partial charge is 0.463 e. The van der Waals surface area contributed by atoms with Crippen molar-refractivity contribution < 1.29 is 34.3 Å². The summed E-state index contributed by atoms with van der Waals surface area (Å²) in [6, 6.07) is 0. The standard InChI is InChI=1S/C54H84O7/c1-8-9-10-11-12-13-14-15-16-17-18-19-20-21-22-23-24-25-48(55)59-37-47-49(56)50(57)51(58)52(61-47)60-42-32-34-53(6)41(36-42)28-29-43-45-31-30-44(54(45,7)35-33-46(43)53)40(5)27-26-39(4)38(2)3/h9-10,12-13,15-16,18-19,21-22,26-28,38-40,42-47,49-52,56-58H,8,11,14,17,20,23-25,29-37H2,1-7H3/b10-9-,13-12-,16-15-,19-18-,22-21-,27-26+. The zero-order chi connectivity index (χ0) is 44.0. The Hall–Kier alpha value is -2.55. The van der Waals surface area contributed by atoms with Crippen molar-refractivity contribution >= 4 is 5.97 Å². The number of carbonyl (C=O) groups excluding carboxylic acids is 1. The minimum atomic E-state index is -1.47. The van der Waals surface area contributed by atoms with Gasteiger partial charge in [-0.2, -0.15) is 0 Å². The topological polar surface area (TPSA) is 105 Å². The van der Waals surface area contributed by atoms with Gasteiger partial charge in [-0.3, -0.25) is 4.79 Å². The van der Waals surface area contributed by atoms with Crippen LogP contribution in [-0.4, -0.2) is 64.7 Å². The fourth-order valence-corrected chi connectivity index (χ4v) is 11.7. The highest BCUT2D eigenvalue weighted by Crippen LogP contribution is 2.67. The number of ether oxygens (including phenoxy) is 3. The van der Waals surface area contributed by atoms with E-state index in [9.17, 15) is 20.1 Å². The van der Waals surface area contributed by atoms with Crippen LogP contribution in [0.1, 0.15) is 151 Å². The molecule has 5 aliphatic rings. The van der Waals surface area contributed by atoms with Crippen LogP contribution in [0, 0.1) is 52.3 Å². The van der Waals surface area contributed by atoms with Gasteiger partial charge in [0, 0.05) is 6.42 Å². The predicted octanol–water partition coefficient (Wildman–Crippen LogP) is 11.7. The number of hydrogen-bond donors (Lipinski definition) is 3. The maximum atomic E-state index is 12.6. The molecule has 61 heavy (non-hydrogen) atoms. The van der Waals surface area contributed by atoms with Crippen LogP contribution in [0.2, 0.25) is 0 Å². The van der Waals surface area contributed by atoms with E-state index in [2.05, 4.69) is 127 Å². The quantitative estimate of drug-likeness (QED) is 0.0600. The summed E-state index contributed by atoms with van der Waals surface area (Å²) >= 11 is 0. The molecule has 342 valence electrons. The van der Waals surface area contributed by atoms with E-state index in [-0.39, 0.29) is 30.5 Å². The molecule has 7 nitrogen and oxygen atoms in total. The van der Waals surface area contributed by atoms with Crippen LogP contribution in [0.3, 0.4) is 0 Å². The molecule has 14 unspecified atom stereocenters. The molecule has 3 saturated carbocycles. The molecule has 0 aromatic rings. The first-order chi connectivity index (χ1) is 29.3. The zero-order valence-electron chi connectivity index (χ0n) is 39.0. The molecule has 0 spiro atoms.